The summed E-state index contributed by atoms with van der Waals surface area (Å²) in [5.74, 6) is 0.609. The zero-order chi connectivity index (χ0) is 19.3. The molecular formula is C20H14N4O2S2. The smallest absolute Gasteiger partial charge is 0.275 e. The summed E-state index contributed by atoms with van der Waals surface area (Å²) >= 11 is 2.71. The Morgan fingerprint density at radius 1 is 1.07 bits per heavy atom. The van der Waals surface area contributed by atoms with Gasteiger partial charge in [0.15, 0.2) is 15.2 Å². The van der Waals surface area contributed by atoms with Gasteiger partial charge in [0, 0.05) is 17.5 Å². The van der Waals surface area contributed by atoms with Crippen LogP contribution in [0, 0.1) is 13.8 Å². The molecule has 4 heterocycles. The molecule has 5 rings (SSSR count). The highest BCUT2D eigenvalue weighted by atomic mass is 32.2. The summed E-state index contributed by atoms with van der Waals surface area (Å²) in [5.41, 5.74) is 3.39. The number of nitrogens with zero attached hydrogens (tertiary/aromatic N) is 4. The highest BCUT2D eigenvalue weighted by molar-refractivity contribution is 7.99. The molecule has 0 spiro atoms. The van der Waals surface area contributed by atoms with Gasteiger partial charge in [0.05, 0.1) is 11.0 Å². The van der Waals surface area contributed by atoms with Crippen molar-refractivity contribution in [3.8, 4) is 0 Å². The Morgan fingerprint density at radius 3 is 2.68 bits per heavy atom. The summed E-state index contributed by atoms with van der Waals surface area (Å²) in [6.45, 7) is 3.87. The second-order valence-corrected chi connectivity index (χ2v) is 8.31. The van der Waals surface area contributed by atoms with Gasteiger partial charge < -0.3 is 4.42 Å². The first-order valence-corrected chi connectivity index (χ1v) is 10.2. The van der Waals surface area contributed by atoms with Crippen molar-refractivity contribution >= 4 is 45.2 Å². The van der Waals surface area contributed by atoms with Crippen LogP contribution in [0.25, 0.3) is 22.1 Å². The fourth-order valence-electron chi connectivity index (χ4n) is 3.04. The number of hydrogen-bond acceptors (Lipinski definition) is 7. The van der Waals surface area contributed by atoms with Crippen LogP contribution in [0.1, 0.15) is 17.1 Å². The Balaban J connectivity index is 1.51. The molecule has 0 fully saturated rings. The number of fused-ring (bicyclic) bond motifs is 3. The maximum Gasteiger partial charge on any atom is 0.275 e. The quantitative estimate of drug-likeness (QED) is 0.426. The SMILES string of the molecule is Cc1cc(C)nc(Sc2ccc(/C=c3/sc4nc5ccccc5n4c3=O)o2)n1. The van der Waals surface area contributed by atoms with Crippen molar-refractivity contribution in [3.63, 3.8) is 0 Å². The van der Waals surface area contributed by atoms with Gasteiger partial charge in [-0.05, 0) is 55.9 Å². The maximum atomic E-state index is 12.8. The predicted molar refractivity (Wildman–Crippen MR) is 110 cm³/mol. The molecule has 5 aromatic rings. The number of benzene rings is 1. The molecule has 0 saturated heterocycles. The van der Waals surface area contributed by atoms with Gasteiger partial charge in [-0.15, -0.1) is 0 Å². The van der Waals surface area contributed by atoms with E-state index in [2.05, 4.69) is 15.0 Å². The molecule has 8 heteroatoms. The molecule has 0 atom stereocenters. The number of aromatic nitrogens is 4. The second kappa shape index (κ2) is 6.57. The van der Waals surface area contributed by atoms with Crippen molar-refractivity contribution in [1.29, 1.82) is 0 Å². The van der Waals surface area contributed by atoms with Crippen LogP contribution in [0.5, 0.6) is 0 Å². The third-order valence-electron chi connectivity index (χ3n) is 4.17. The topological polar surface area (TPSA) is 73.3 Å². The Labute approximate surface area is 167 Å². The molecule has 0 bridgehead atoms. The van der Waals surface area contributed by atoms with E-state index in [0.717, 1.165) is 22.4 Å². The van der Waals surface area contributed by atoms with Crippen LogP contribution in [-0.2, 0) is 0 Å². The summed E-state index contributed by atoms with van der Waals surface area (Å²) in [5, 5.41) is 1.32. The molecule has 0 saturated carbocycles. The normalized spacial score (nSPS) is 12.4. The van der Waals surface area contributed by atoms with Crippen molar-refractivity contribution < 1.29 is 4.42 Å². The molecule has 1 aromatic carbocycles. The Bertz CT molecular complexity index is 1430. The third-order valence-corrected chi connectivity index (χ3v) is 5.93. The van der Waals surface area contributed by atoms with Gasteiger partial charge in [0.2, 0.25) is 0 Å². The minimum absolute atomic E-state index is 0.0862. The Morgan fingerprint density at radius 2 is 1.86 bits per heavy atom. The third kappa shape index (κ3) is 3.00. The fourth-order valence-corrected chi connectivity index (χ4v) is 4.84. The molecule has 0 unspecified atom stereocenters. The van der Waals surface area contributed by atoms with Gasteiger partial charge in [-0.3, -0.25) is 4.79 Å². The average molecular weight is 406 g/mol. The first-order valence-electron chi connectivity index (χ1n) is 8.58. The van der Waals surface area contributed by atoms with E-state index in [9.17, 15) is 4.79 Å². The van der Waals surface area contributed by atoms with Gasteiger partial charge in [-0.1, -0.05) is 23.5 Å². The number of aryl methyl sites for hydroxylation is 2. The number of furan rings is 1. The summed E-state index contributed by atoms with van der Waals surface area (Å²) in [6.07, 6.45) is 1.75. The average Bonchev–Trinajstić information content (AvgIpc) is 3.30. The number of imidazole rings is 1. The minimum Gasteiger partial charge on any atom is -0.450 e. The molecule has 0 N–H and O–H groups in total. The summed E-state index contributed by atoms with van der Waals surface area (Å²) in [4.78, 5) is 26.8. The first-order chi connectivity index (χ1) is 13.6. The largest absolute Gasteiger partial charge is 0.450 e. The van der Waals surface area contributed by atoms with E-state index in [1.165, 1.54) is 23.1 Å². The monoisotopic (exact) mass is 406 g/mol. The van der Waals surface area contributed by atoms with Gasteiger partial charge in [0.1, 0.15) is 10.3 Å². The van der Waals surface area contributed by atoms with Crippen LogP contribution in [0.15, 0.2) is 61.9 Å². The van der Waals surface area contributed by atoms with E-state index in [1.54, 1.807) is 10.5 Å². The molecule has 4 aromatic heterocycles. The Hall–Kier alpha value is -2.97. The second-order valence-electron chi connectivity index (χ2n) is 6.33. The highest BCUT2D eigenvalue weighted by Gasteiger charge is 2.11. The van der Waals surface area contributed by atoms with Crippen molar-refractivity contribution in [2.75, 3.05) is 0 Å². The van der Waals surface area contributed by atoms with Crippen molar-refractivity contribution in [2.24, 2.45) is 0 Å². The molecule has 0 radical (unpaired) electrons. The van der Waals surface area contributed by atoms with Crippen LogP contribution in [0.2, 0.25) is 0 Å². The van der Waals surface area contributed by atoms with Crippen LogP contribution >= 0.6 is 23.1 Å². The zero-order valence-electron chi connectivity index (χ0n) is 15.0. The fraction of sp³-hybridized carbons (Fsp3) is 0.100. The van der Waals surface area contributed by atoms with E-state index in [0.29, 0.717) is 25.5 Å². The van der Waals surface area contributed by atoms with Gasteiger partial charge in [-0.2, -0.15) is 0 Å². The summed E-state index contributed by atoms with van der Waals surface area (Å²) < 4.78 is 8.08. The lowest BCUT2D eigenvalue weighted by atomic mass is 10.3. The van der Waals surface area contributed by atoms with Crippen LogP contribution in [0.4, 0.5) is 0 Å². The molecule has 0 amide bonds. The number of thiazole rings is 1. The van der Waals surface area contributed by atoms with E-state index in [1.807, 2.05) is 56.3 Å². The van der Waals surface area contributed by atoms with Gasteiger partial charge >= 0.3 is 0 Å². The van der Waals surface area contributed by atoms with Crippen molar-refractivity contribution in [2.45, 2.75) is 24.1 Å². The number of rotatable bonds is 3. The van der Waals surface area contributed by atoms with Gasteiger partial charge in [0.25, 0.3) is 5.56 Å². The highest BCUT2D eigenvalue weighted by Crippen LogP contribution is 2.27. The van der Waals surface area contributed by atoms with Crippen LogP contribution in [0.3, 0.4) is 0 Å². The van der Waals surface area contributed by atoms with Crippen LogP contribution < -0.4 is 10.1 Å². The molecule has 6 nitrogen and oxygen atoms in total. The van der Waals surface area contributed by atoms with Gasteiger partial charge in [-0.25, -0.2) is 19.4 Å². The lowest BCUT2D eigenvalue weighted by Gasteiger charge is -2.00. The summed E-state index contributed by atoms with van der Waals surface area (Å²) in [7, 11) is 0. The van der Waals surface area contributed by atoms with E-state index in [4.69, 9.17) is 4.42 Å². The van der Waals surface area contributed by atoms with E-state index >= 15 is 0 Å². The van der Waals surface area contributed by atoms with Crippen molar-refractivity contribution in [1.82, 2.24) is 19.4 Å². The maximum absolute atomic E-state index is 12.8. The molecule has 0 aliphatic carbocycles. The molecular weight excluding hydrogens is 392 g/mol. The van der Waals surface area contributed by atoms with E-state index in [-0.39, 0.29) is 5.56 Å². The minimum atomic E-state index is -0.0862. The molecule has 28 heavy (non-hydrogen) atoms. The molecule has 0 aliphatic rings. The number of hydrogen-bond donors (Lipinski definition) is 0. The predicted octanol–water partition coefficient (Wildman–Crippen LogP) is 3.61. The standard InChI is InChI=1S/C20H14N4O2S2/c1-11-9-12(2)22-19(21-11)28-17-8-7-13(26-17)10-16-18(25)24-15-6-4-3-5-14(15)23-20(24)27-16/h3-10H,1-2H3/b16-10+. The lowest BCUT2D eigenvalue weighted by molar-refractivity contribution is 0.465. The number of para-hydroxylation sites is 2. The van der Waals surface area contributed by atoms with E-state index < -0.39 is 0 Å². The van der Waals surface area contributed by atoms with Crippen LogP contribution in [-0.4, -0.2) is 19.4 Å². The molecule has 0 aliphatic heterocycles. The first kappa shape index (κ1) is 17.2. The van der Waals surface area contributed by atoms with Crippen molar-refractivity contribution in [3.05, 3.63) is 74.5 Å². The zero-order valence-corrected chi connectivity index (χ0v) is 16.7. The molecule has 138 valence electrons. The lowest BCUT2D eigenvalue weighted by Crippen LogP contribution is -2.22. The Kier molecular flexibility index (Phi) is 4.03. The summed E-state index contributed by atoms with van der Waals surface area (Å²) in [6, 6.07) is 13.3.